The highest BCUT2D eigenvalue weighted by molar-refractivity contribution is 5.74. The van der Waals surface area contributed by atoms with Crippen LogP contribution in [0.4, 0.5) is 0 Å². The first-order valence-electron chi connectivity index (χ1n) is 5.51. The van der Waals surface area contributed by atoms with Gasteiger partial charge in [0.1, 0.15) is 0 Å². The third-order valence-corrected chi connectivity index (χ3v) is 2.39. The van der Waals surface area contributed by atoms with Gasteiger partial charge in [-0.3, -0.25) is 0 Å². The molecular weight excluding hydrogens is 194 g/mol. The van der Waals surface area contributed by atoms with Gasteiger partial charge in [-0.25, -0.2) is 0 Å². The lowest BCUT2D eigenvalue weighted by molar-refractivity contribution is 0.818. The van der Waals surface area contributed by atoms with Crippen LogP contribution < -0.4 is 5.32 Å². The Balaban J connectivity index is 2.87. The van der Waals surface area contributed by atoms with Crippen LogP contribution >= 0.6 is 0 Å². The summed E-state index contributed by atoms with van der Waals surface area (Å²) in [6.07, 6.45) is 7.92. The normalized spacial score (nSPS) is 12.0. The van der Waals surface area contributed by atoms with Crippen LogP contribution in [0.2, 0.25) is 0 Å². The molecule has 0 fully saturated rings. The monoisotopic (exact) mass is 213 g/mol. The molecule has 0 saturated heterocycles. The maximum atomic E-state index is 3.68. The molecular formula is C15H19N. The molecule has 0 aliphatic carbocycles. The van der Waals surface area contributed by atoms with Crippen molar-refractivity contribution < 1.29 is 0 Å². The van der Waals surface area contributed by atoms with Crippen molar-refractivity contribution >= 4 is 5.57 Å². The summed E-state index contributed by atoms with van der Waals surface area (Å²) in [7, 11) is 1.96. The zero-order chi connectivity index (χ0) is 11.8. The van der Waals surface area contributed by atoms with Gasteiger partial charge in [-0.1, -0.05) is 55.1 Å². The summed E-state index contributed by atoms with van der Waals surface area (Å²) < 4.78 is 0. The van der Waals surface area contributed by atoms with Gasteiger partial charge in [0.2, 0.25) is 0 Å². The molecule has 1 aromatic carbocycles. The molecule has 0 radical (unpaired) electrons. The second-order valence-electron chi connectivity index (χ2n) is 3.57. The zero-order valence-corrected chi connectivity index (χ0v) is 10.0. The molecule has 1 heteroatoms. The largest absolute Gasteiger partial charge is 0.316 e. The third-order valence-electron chi connectivity index (χ3n) is 2.39. The Bertz CT molecular complexity index is 382. The first-order chi connectivity index (χ1) is 7.81. The second kappa shape index (κ2) is 6.81. The Morgan fingerprint density at radius 1 is 1.31 bits per heavy atom. The van der Waals surface area contributed by atoms with E-state index < -0.39 is 0 Å². The minimum atomic E-state index is 0.911. The minimum Gasteiger partial charge on any atom is -0.316 e. The van der Waals surface area contributed by atoms with Crippen molar-refractivity contribution in [2.75, 3.05) is 7.05 Å². The van der Waals surface area contributed by atoms with Crippen LogP contribution in [-0.4, -0.2) is 7.05 Å². The minimum absolute atomic E-state index is 0.911. The first kappa shape index (κ1) is 12.5. The van der Waals surface area contributed by atoms with Crippen LogP contribution in [0.15, 0.2) is 55.1 Å². The van der Waals surface area contributed by atoms with Gasteiger partial charge in [0, 0.05) is 6.54 Å². The Hall–Kier alpha value is -1.60. The molecule has 84 valence electrons. The fraction of sp³-hybridized carbons (Fsp3) is 0.200. The SMILES string of the molecule is C=C/C=C\C(=C/C)c1ccc(CNC)cc1. The molecule has 0 atom stereocenters. The van der Waals surface area contributed by atoms with E-state index in [4.69, 9.17) is 0 Å². The number of hydrogen-bond donors (Lipinski definition) is 1. The van der Waals surface area contributed by atoms with Gasteiger partial charge >= 0.3 is 0 Å². The molecule has 1 aromatic rings. The van der Waals surface area contributed by atoms with Crippen molar-refractivity contribution in [3.05, 3.63) is 66.3 Å². The van der Waals surface area contributed by atoms with Crippen LogP contribution in [0.3, 0.4) is 0 Å². The highest BCUT2D eigenvalue weighted by Crippen LogP contribution is 2.16. The van der Waals surface area contributed by atoms with E-state index in [1.165, 1.54) is 16.7 Å². The molecule has 0 saturated carbocycles. The summed E-state index contributed by atoms with van der Waals surface area (Å²) in [5.74, 6) is 0. The standard InChI is InChI=1S/C15H19N/c1-4-6-7-14(5-2)15-10-8-13(9-11-15)12-16-3/h4-11,16H,1,12H2,2-3H3/b7-6-,14-5+. The van der Waals surface area contributed by atoms with Crippen molar-refractivity contribution in [1.29, 1.82) is 0 Å². The average Bonchev–Trinajstić information content (AvgIpc) is 2.32. The second-order valence-corrected chi connectivity index (χ2v) is 3.57. The highest BCUT2D eigenvalue weighted by Gasteiger charge is 1.96. The smallest absolute Gasteiger partial charge is 0.0202 e. The molecule has 0 aromatic heterocycles. The van der Waals surface area contributed by atoms with E-state index in [2.05, 4.69) is 48.3 Å². The summed E-state index contributed by atoms with van der Waals surface area (Å²) >= 11 is 0. The topological polar surface area (TPSA) is 12.0 Å². The van der Waals surface area contributed by atoms with E-state index in [-0.39, 0.29) is 0 Å². The maximum absolute atomic E-state index is 3.68. The molecule has 0 unspecified atom stereocenters. The number of allylic oxidation sites excluding steroid dienone is 5. The molecule has 0 aliphatic rings. The summed E-state index contributed by atoms with van der Waals surface area (Å²) in [6.45, 7) is 6.63. The van der Waals surface area contributed by atoms with Crippen LogP contribution in [0, 0.1) is 0 Å². The molecule has 1 nitrogen and oxygen atoms in total. The highest BCUT2D eigenvalue weighted by atomic mass is 14.8. The van der Waals surface area contributed by atoms with E-state index in [0.717, 1.165) is 6.54 Å². The van der Waals surface area contributed by atoms with Gasteiger partial charge in [0.15, 0.2) is 0 Å². The van der Waals surface area contributed by atoms with Crippen LogP contribution in [-0.2, 0) is 6.54 Å². The van der Waals surface area contributed by atoms with Gasteiger partial charge in [-0.05, 0) is 30.7 Å². The summed E-state index contributed by atoms with van der Waals surface area (Å²) in [5, 5.41) is 3.14. The summed E-state index contributed by atoms with van der Waals surface area (Å²) in [4.78, 5) is 0. The van der Waals surface area contributed by atoms with Crippen molar-refractivity contribution in [3.63, 3.8) is 0 Å². The maximum Gasteiger partial charge on any atom is 0.0202 e. The number of rotatable bonds is 5. The van der Waals surface area contributed by atoms with E-state index in [1.54, 1.807) is 6.08 Å². The van der Waals surface area contributed by atoms with Crippen LogP contribution in [0.1, 0.15) is 18.1 Å². The number of benzene rings is 1. The lowest BCUT2D eigenvalue weighted by atomic mass is 10.0. The fourth-order valence-corrected chi connectivity index (χ4v) is 1.55. The van der Waals surface area contributed by atoms with Gasteiger partial charge in [0.25, 0.3) is 0 Å². The lowest BCUT2D eigenvalue weighted by Crippen LogP contribution is -2.04. The Morgan fingerprint density at radius 2 is 2.00 bits per heavy atom. The fourth-order valence-electron chi connectivity index (χ4n) is 1.55. The van der Waals surface area contributed by atoms with Gasteiger partial charge in [0.05, 0.1) is 0 Å². The predicted molar refractivity (Wildman–Crippen MR) is 72.2 cm³/mol. The Kier molecular flexibility index (Phi) is 5.30. The van der Waals surface area contributed by atoms with Crippen molar-refractivity contribution in [2.24, 2.45) is 0 Å². The predicted octanol–water partition coefficient (Wildman–Crippen LogP) is 3.55. The Labute approximate surface area is 98.2 Å². The van der Waals surface area contributed by atoms with Crippen molar-refractivity contribution in [2.45, 2.75) is 13.5 Å². The zero-order valence-electron chi connectivity index (χ0n) is 10.0. The average molecular weight is 213 g/mol. The molecule has 0 bridgehead atoms. The molecule has 1 rings (SSSR count). The lowest BCUT2D eigenvalue weighted by Gasteiger charge is -2.04. The van der Waals surface area contributed by atoms with Gasteiger partial charge < -0.3 is 5.32 Å². The van der Waals surface area contributed by atoms with Crippen LogP contribution in [0.5, 0.6) is 0 Å². The molecule has 0 aliphatic heterocycles. The summed E-state index contributed by atoms with van der Waals surface area (Å²) in [5.41, 5.74) is 3.76. The molecule has 0 heterocycles. The van der Waals surface area contributed by atoms with Gasteiger partial charge in [-0.15, -0.1) is 0 Å². The van der Waals surface area contributed by atoms with E-state index in [1.807, 2.05) is 20.0 Å². The molecule has 16 heavy (non-hydrogen) atoms. The Morgan fingerprint density at radius 3 is 2.50 bits per heavy atom. The third kappa shape index (κ3) is 3.52. The van der Waals surface area contributed by atoms with E-state index in [0.29, 0.717) is 0 Å². The number of nitrogens with one attached hydrogen (secondary N) is 1. The molecule has 0 amide bonds. The van der Waals surface area contributed by atoms with Crippen molar-refractivity contribution in [3.8, 4) is 0 Å². The molecule has 1 N–H and O–H groups in total. The van der Waals surface area contributed by atoms with Crippen LogP contribution in [0.25, 0.3) is 5.57 Å². The first-order valence-corrected chi connectivity index (χ1v) is 5.51. The number of hydrogen-bond acceptors (Lipinski definition) is 1. The molecule has 0 spiro atoms. The summed E-state index contributed by atoms with van der Waals surface area (Å²) in [6, 6.07) is 8.60. The quantitative estimate of drug-likeness (QED) is 0.737. The van der Waals surface area contributed by atoms with Crippen molar-refractivity contribution in [1.82, 2.24) is 5.32 Å². The van der Waals surface area contributed by atoms with E-state index >= 15 is 0 Å². The van der Waals surface area contributed by atoms with Gasteiger partial charge in [-0.2, -0.15) is 0 Å². The van der Waals surface area contributed by atoms with E-state index in [9.17, 15) is 0 Å².